The van der Waals surface area contributed by atoms with Crippen molar-refractivity contribution in [2.75, 3.05) is 25.6 Å². The SMILES string of the molecule is ClCCNCCCOCc1ccccc1. The van der Waals surface area contributed by atoms with Crippen molar-refractivity contribution >= 4 is 11.6 Å². The van der Waals surface area contributed by atoms with Crippen LogP contribution in [0, 0.1) is 0 Å². The van der Waals surface area contributed by atoms with Crippen LogP contribution in [0.15, 0.2) is 30.3 Å². The summed E-state index contributed by atoms with van der Waals surface area (Å²) in [6.45, 7) is 3.35. The first-order valence-electron chi connectivity index (χ1n) is 5.32. The lowest BCUT2D eigenvalue weighted by molar-refractivity contribution is 0.118. The molecule has 84 valence electrons. The molecule has 0 spiro atoms. The maximum atomic E-state index is 5.53. The van der Waals surface area contributed by atoms with Crippen LogP contribution in [0.4, 0.5) is 0 Å². The maximum absolute atomic E-state index is 5.53. The minimum atomic E-state index is 0.672. The molecule has 0 unspecified atom stereocenters. The Balaban J connectivity index is 1.93. The first-order valence-corrected chi connectivity index (χ1v) is 5.85. The summed E-state index contributed by atoms with van der Waals surface area (Å²) in [7, 11) is 0. The number of alkyl halides is 1. The zero-order valence-corrected chi connectivity index (χ0v) is 9.67. The second kappa shape index (κ2) is 8.72. The standard InChI is InChI=1S/C12H18ClNO/c13-7-9-14-8-4-10-15-11-12-5-2-1-3-6-12/h1-3,5-6,14H,4,7-11H2. The molecule has 0 aliphatic carbocycles. The van der Waals surface area contributed by atoms with Crippen LogP contribution in [-0.4, -0.2) is 25.6 Å². The summed E-state index contributed by atoms with van der Waals surface area (Å²) < 4.78 is 5.53. The summed E-state index contributed by atoms with van der Waals surface area (Å²) in [5.74, 6) is 0.672. The molecular weight excluding hydrogens is 210 g/mol. The van der Waals surface area contributed by atoms with Crippen molar-refractivity contribution in [2.24, 2.45) is 0 Å². The Morgan fingerprint density at radius 3 is 2.67 bits per heavy atom. The van der Waals surface area contributed by atoms with E-state index < -0.39 is 0 Å². The van der Waals surface area contributed by atoms with E-state index in [2.05, 4.69) is 17.4 Å². The zero-order chi connectivity index (χ0) is 10.8. The van der Waals surface area contributed by atoms with E-state index in [4.69, 9.17) is 16.3 Å². The largest absolute Gasteiger partial charge is 0.377 e. The quantitative estimate of drug-likeness (QED) is 0.544. The predicted molar refractivity (Wildman–Crippen MR) is 64.3 cm³/mol. The van der Waals surface area contributed by atoms with Crippen molar-refractivity contribution in [1.82, 2.24) is 5.32 Å². The third kappa shape index (κ3) is 6.50. The molecule has 0 amide bonds. The molecule has 0 fully saturated rings. The third-order valence-corrected chi connectivity index (χ3v) is 2.21. The summed E-state index contributed by atoms with van der Waals surface area (Å²) in [4.78, 5) is 0. The van der Waals surface area contributed by atoms with Gasteiger partial charge in [-0.15, -0.1) is 11.6 Å². The monoisotopic (exact) mass is 227 g/mol. The topological polar surface area (TPSA) is 21.3 Å². The van der Waals surface area contributed by atoms with Crippen LogP contribution in [0.2, 0.25) is 0 Å². The Morgan fingerprint density at radius 1 is 1.13 bits per heavy atom. The number of hydrogen-bond donors (Lipinski definition) is 1. The lowest BCUT2D eigenvalue weighted by Crippen LogP contribution is -2.18. The summed E-state index contributed by atoms with van der Waals surface area (Å²) in [5.41, 5.74) is 1.23. The van der Waals surface area contributed by atoms with Gasteiger partial charge >= 0.3 is 0 Å². The molecule has 0 saturated carbocycles. The van der Waals surface area contributed by atoms with Crippen LogP contribution in [0.3, 0.4) is 0 Å². The number of rotatable bonds is 8. The van der Waals surface area contributed by atoms with Crippen molar-refractivity contribution in [1.29, 1.82) is 0 Å². The molecule has 15 heavy (non-hydrogen) atoms. The molecule has 0 saturated heterocycles. The van der Waals surface area contributed by atoms with Gasteiger partial charge in [-0.25, -0.2) is 0 Å². The van der Waals surface area contributed by atoms with E-state index in [9.17, 15) is 0 Å². The average Bonchev–Trinajstić information content (AvgIpc) is 2.29. The van der Waals surface area contributed by atoms with Crippen LogP contribution >= 0.6 is 11.6 Å². The van der Waals surface area contributed by atoms with Gasteiger partial charge in [0, 0.05) is 19.0 Å². The summed E-state index contributed by atoms with van der Waals surface area (Å²) in [6.07, 6.45) is 1.03. The molecule has 2 nitrogen and oxygen atoms in total. The van der Waals surface area contributed by atoms with E-state index >= 15 is 0 Å². The van der Waals surface area contributed by atoms with Crippen molar-refractivity contribution in [3.05, 3.63) is 35.9 Å². The molecule has 0 heterocycles. The van der Waals surface area contributed by atoms with E-state index in [0.29, 0.717) is 12.5 Å². The molecular formula is C12H18ClNO. The van der Waals surface area contributed by atoms with Gasteiger partial charge in [0.1, 0.15) is 0 Å². The molecule has 0 aliphatic heterocycles. The Hall–Kier alpha value is -0.570. The fourth-order valence-corrected chi connectivity index (χ4v) is 1.39. The van der Waals surface area contributed by atoms with Gasteiger partial charge in [0.05, 0.1) is 6.61 Å². The normalized spacial score (nSPS) is 10.5. The first-order chi connectivity index (χ1) is 7.43. The van der Waals surface area contributed by atoms with Crippen molar-refractivity contribution < 1.29 is 4.74 Å². The number of nitrogens with one attached hydrogen (secondary N) is 1. The Labute approximate surface area is 96.6 Å². The van der Waals surface area contributed by atoms with E-state index in [1.807, 2.05) is 18.2 Å². The van der Waals surface area contributed by atoms with Gasteiger partial charge in [0.15, 0.2) is 0 Å². The second-order valence-corrected chi connectivity index (χ2v) is 3.71. The molecule has 3 heteroatoms. The molecule has 1 rings (SSSR count). The van der Waals surface area contributed by atoms with Crippen LogP contribution in [0.25, 0.3) is 0 Å². The second-order valence-electron chi connectivity index (χ2n) is 3.33. The van der Waals surface area contributed by atoms with Gasteiger partial charge in [-0.05, 0) is 18.5 Å². The molecule has 0 aliphatic rings. The van der Waals surface area contributed by atoms with Gasteiger partial charge in [-0.2, -0.15) is 0 Å². The van der Waals surface area contributed by atoms with Crippen molar-refractivity contribution in [3.63, 3.8) is 0 Å². The first kappa shape index (κ1) is 12.5. The summed E-state index contributed by atoms with van der Waals surface area (Å²) in [6, 6.07) is 10.2. The summed E-state index contributed by atoms with van der Waals surface area (Å²) in [5, 5.41) is 3.22. The zero-order valence-electron chi connectivity index (χ0n) is 8.92. The molecule has 1 aromatic carbocycles. The van der Waals surface area contributed by atoms with E-state index in [0.717, 1.165) is 26.1 Å². The Bertz CT molecular complexity index is 241. The fourth-order valence-electron chi connectivity index (χ4n) is 1.26. The lowest BCUT2D eigenvalue weighted by Gasteiger charge is -2.04. The van der Waals surface area contributed by atoms with Crippen molar-refractivity contribution in [2.45, 2.75) is 13.0 Å². The number of halogens is 1. The van der Waals surface area contributed by atoms with E-state index in [1.54, 1.807) is 0 Å². The molecule has 0 aromatic heterocycles. The molecule has 0 bridgehead atoms. The highest BCUT2D eigenvalue weighted by Crippen LogP contribution is 2.00. The van der Waals surface area contributed by atoms with Gasteiger partial charge in [-0.3, -0.25) is 0 Å². The highest BCUT2D eigenvalue weighted by molar-refractivity contribution is 6.18. The van der Waals surface area contributed by atoms with Gasteiger partial charge in [-0.1, -0.05) is 30.3 Å². The van der Waals surface area contributed by atoms with Crippen LogP contribution < -0.4 is 5.32 Å². The maximum Gasteiger partial charge on any atom is 0.0716 e. The number of ether oxygens (including phenoxy) is 1. The van der Waals surface area contributed by atoms with Gasteiger partial charge < -0.3 is 10.1 Å². The number of hydrogen-bond acceptors (Lipinski definition) is 2. The average molecular weight is 228 g/mol. The highest BCUT2D eigenvalue weighted by Gasteiger charge is 1.91. The highest BCUT2D eigenvalue weighted by atomic mass is 35.5. The Morgan fingerprint density at radius 2 is 1.93 bits per heavy atom. The third-order valence-electron chi connectivity index (χ3n) is 2.03. The van der Waals surface area contributed by atoms with Gasteiger partial charge in [0.2, 0.25) is 0 Å². The van der Waals surface area contributed by atoms with E-state index in [1.165, 1.54) is 5.56 Å². The minimum absolute atomic E-state index is 0.672. The molecule has 1 aromatic rings. The van der Waals surface area contributed by atoms with Gasteiger partial charge in [0.25, 0.3) is 0 Å². The Kier molecular flexibility index (Phi) is 7.26. The van der Waals surface area contributed by atoms with Crippen LogP contribution in [-0.2, 0) is 11.3 Å². The molecule has 0 atom stereocenters. The minimum Gasteiger partial charge on any atom is -0.377 e. The smallest absolute Gasteiger partial charge is 0.0716 e. The summed E-state index contributed by atoms with van der Waals surface area (Å²) >= 11 is 5.53. The fraction of sp³-hybridized carbons (Fsp3) is 0.500. The van der Waals surface area contributed by atoms with Crippen LogP contribution in [0.5, 0.6) is 0 Å². The predicted octanol–water partition coefficient (Wildman–Crippen LogP) is 2.42. The van der Waals surface area contributed by atoms with E-state index in [-0.39, 0.29) is 0 Å². The number of benzene rings is 1. The lowest BCUT2D eigenvalue weighted by atomic mass is 10.2. The molecule has 0 radical (unpaired) electrons. The molecule has 1 N–H and O–H groups in total. The van der Waals surface area contributed by atoms with Crippen molar-refractivity contribution in [3.8, 4) is 0 Å². The van der Waals surface area contributed by atoms with Crippen LogP contribution in [0.1, 0.15) is 12.0 Å².